The molecule has 0 bridgehead atoms. The number of amides is 1. The highest BCUT2D eigenvalue weighted by atomic mass is 16.5. The maximum atomic E-state index is 12.2. The van der Waals surface area contributed by atoms with Crippen molar-refractivity contribution in [3.8, 4) is 11.5 Å². The second kappa shape index (κ2) is 9.32. The number of carboxylic acid groups (broad SMARTS) is 1. The molecular formula is C19H21NO5. The van der Waals surface area contributed by atoms with Gasteiger partial charge in [-0.1, -0.05) is 30.3 Å². The summed E-state index contributed by atoms with van der Waals surface area (Å²) in [5.74, 6) is 0.0482. The predicted octanol–water partition coefficient (Wildman–Crippen LogP) is 2.80. The van der Waals surface area contributed by atoms with Gasteiger partial charge in [-0.25, -0.2) is 0 Å². The van der Waals surface area contributed by atoms with E-state index in [4.69, 9.17) is 14.6 Å². The average Bonchev–Trinajstić information content (AvgIpc) is 2.64. The minimum atomic E-state index is -0.898. The third-order valence-corrected chi connectivity index (χ3v) is 3.61. The van der Waals surface area contributed by atoms with Gasteiger partial charge in [-0.3, -0.25) is 9.59 Å². The van der Waals surface area contributed by atoms with Crippen molar-refractivity contribution >= 4 is 11.9 Å². The fourth-order valence-electron chi connectivity index (χ4n) is 2.33. The van der Waals surface area contributed by atoms with Crippen LogP contribution in [0.3, 0.4) is 0 Å². The number of nitrogens with one attached hydrogen (secondary N) is 1. The lowest BCUT2D eigenvalue weighted by Crippen LogP contribution is -2.33. The zero-order chi connectivity index (χ0) is 18.1. The van der Waals surface area contributed by atoms with Crippen LogP contribution in [0.5, 0.6) is 11.5 Å². The summed E-state index contributed by atoms with van der Waals surface area (Å²) in [7, 11) is 1.57. The number of ether oxygens (including phenoxy) is 2. The lowest BCUT2D eigenvalue weighted by atomic mass is 10.0. The van der Waals surface area contributed by atoms with Gasteiger partial charge in [0, 0.05) is 6.42 Å². The summed E-state index contributed by atoms with van der Waals surface area (Å²) < 4.78 is 10.5. The highest BCUT2D eigenvalue weighted by Gasteiger charge is 2.16. The van der Waals surface area contributed by atoms with Crippen LogP contribution in [0.15, 0.2) is 54.6 Å². The fourth-order valence-corrected chi connectivity index (χ4v) is 2.33. The Morgan fingerprint density at radius 2 is 1.68 bits per heavy atom. The Labute approximate surface area is 146 Å². The molecule has 0 aliphatic carbocycles. The van der Waals surface area contributed by atoms with Gasteiger partial charge in [0.15, 0.2) is 6.61 Å². The summed E-state index contributed by atoms with van der Waals surface area (Å²) in [6.45, 7) is -0.150. The first-order valence-electron chi connectivity index (χ1n) is 7.91. The van der Waals surface area contributed by atoms with Crippen LogP contribution in [0, 0.1) is 0 Å². The second-order valence-electron chi connectivity index (χ2n) is 5.43. The number of hydrogen-bond donors (Lipinski definition) is 2. The van der Waals surface area contributed by atoms with E-state index < -0.39 is 5.97 Å². The molecule has 2 N–H and O–H groups in total. The van der Waals surface area contributed by atoms with Gasteiger partial charge in [-0.15, -0.1) is 0 Å². The third-order valence-electron chi connectivity index (χ3n) is 3.61. The van der Waals surface area contributed by atoms with Crippen LogP contribution in [0.1, 0.15) is 24.4 Å². The van der Waals surface area contributed by atoms with Gasteiger partial charge >= 0.3 is 5.97 Å². The van der Waals surface area contributed by atoms with Gasteiger partial charge in [0.1, 0.15) is 11.5 Å². The lowest BCUT2D eigenvalue weighted by molar-refractivity contribution is -0.137. The molecule has 1 atom stereocenters. The van der Waals surface area contributed by atoms with Crippen LogP contribution >= 0.6 is 0 Å². The van der Waals surface area contributed by atoms with Crippen molar-refractivity contribution < 1.29 is 24.2 Å². The summed E-state index contributed by atoms with van der Waals surface area (Å²) in [6, 6.07) is 15.8. The number of benzene rings is 2. The molecule has 2 aromatic rings. The molecule has 132 valence electrons. The lowest BCUT2D eigenvalue weighted by Gasteiger charge is -2.18. The molecule has 1 amide bonds. The van der Waals surface area contributed by atoms with Crippen molar-refractivity contribution in [3.63, 3.8) is 0 Å². The van der Waals surface area contributed by atoms with E-state index in [0.717, 1.165) is 5.56 Å². The quantitative estimate of drug-likeness (QED) is 0.731. The van der Waals surface area contributed by atoms with E-state index in [-0.39, 0.29) is 25.0 Å². The Balaban J connectivity index is 1.92. The average molecular weight is 343 g/mol. The van der Waals surface area contributed by atoms with Gasteiger partial charge in [0.25, 0.3) is 5.91 Å². The summed E-state index contributed by atoms with van der Waals surface area (Å²) >= 11 is 0. The molecule has 6 nitrogen and oxygen atoms in total. The van der Waals surface area contributed by atoms with E-state index >= 15 is 0 Å². The standard InChI is InChI=1S/C19H21NO5/c1-24-15-7-9-16(10-8-15)25-13-18(21)20-17(11-12-19(22)23)14-5-3-2-4-6-14/h2-10,17H,11-13H2,1H3,(H,20,21)(H,22,23). The first-order valence-corrected chi connectivity index (χ1v) is 7.91. The van der Waals surface area contributed by atoms with Gasteiger partial charge in [-0.05, 0) is 36.2 Å². The number of carbonyl (C=O) groups is 2. The zero-order valence-corrected chi connectivity index (χ0v) is 14.0. The highest BCUT2D eigenvalue weighted by Crippen LogP contribution is 2.19. The van der Waals surface area contributed by atoms with Crippen LogP contribution in [0.2, 0.25) is 0 Å². The van der Waals surface area contributed by atoms with Crippen molar-refractivity contribution in [2.45, 2.75) is 18.9 Å². The van der Waals surface area contributed by atoms with Crippen molar-refractivity contribution in [3.05, 3.63) is 60.2 Å². The van der Waals surface area contributed by atoms with Crippen LogP contribution in [-0.4, -0.2) is 30.7 Å². The molecule has 0 aromatic heterocycles. The van der Waals surface area contributed by atoms with Crippen molar-refractivity contribution in [1.29, 1.82) is 0 Å². The summed E-state index contributed by atoms with van der Waals surface area (Å²) in [5.41, 5.74) is 0.863. The summed E-state index contributed by atoms with van der Waals surface area (Å²) in [5, 5.41) is 11.7. The Morgan fingerprint density at radius 3 is 2.28 bits per heavy atom. The van der Waals surface area contributed by atoms with Gasteiger partial charge in [0.2, 0.25) is 0 Å². The first-order chi connectivity index (χ1) is 12.1. The molecule has 0 spiro atoms. The van der Waals surface area contributed by atoms with Crippen molar-refractivity contribution in [1.82, 2.24) is 5.32 Å². The van der Waals surface area contributed by atoms with Crippen molar-refractivity contribution in [2.24, 2.45) is 0 Å². The number of carbonyl (C=O) groups excluding carboxylic acids is 1. The summed E-state index contributed by atoms with van der Waals surface area (Å²) in [4.78, 5) is 23.0. The van der Waals surface area contributed by atoms with Crippen LogP contribution in [0.25, 0.3) is 0 Å². The maximum absolute atomic E-state index is 12.2. The molecule has 0 heterocycles. The fraction of sp³-hybridized carbons (Fsp3) is 0.263. The molecular weight excluding hydrogens is 322 g/mol. The van der Waals surface area contributed by atoms with E-state index in [0.29, 0.717) is 17.9 Å². The van der Waals surface area contributed by atoms with Crippen LogP contribution in [0.4, 0.5) is 0 Å². The Bertz CT molecular complexity index is 685. The topological polar surface area (TPSA) is 84.9 Å². The van der Waals surface area contributed by atoms with E-state index in [1.54, 1.807) is 31.4 Å². The zero-order valence-electron chi connectivity index (χ0n) is 14.0. The van der Waals surface area contributed by atoms with Crippen molar-refractivity contribution in [2.75, 3.05) is 13.7 Å². The molecule has 25 heavy (non-hydrogen) atoms. The molecule has 2 rings (SSSR count). The number of carboxylic acids is 1. The maximum Gasteiger partial charge on any atom is 0.303 e. The second-order valence-corrected chi connectivity index (χ2v) is 5.43. The Hall–Kier alpha value is -3.02. The number of aliphatic carboxylic acids is 1. The molecule has 0 saturated heterocycles. The van der Waals surface area contributed by atoms with Crippen LogP contribution in [-0.2, 0) is 9.59 Å². The van der Waals surface area contributed by atoms with Crippen LogP contribution < -0.4 is 14.8 Å². The number of hydrogen-bond acceptors (Lipinski definition) is 4. The molecule has 0 aliphatic rings. The number of methoxy groups -OCH3 is 1. The third kappa shape index (κ3) is 6.18. The smallest absolute Gasteiger partial charge is 0.303 e. The molecule has 0 saturated carbocycles. The highest BCUT2D eigenvalue weighted by molar-refractivity contribution is 5.78. The monoisotopic (exact) mass is 343 g/mol. The van der Waals surface area contributed by atoms with Gasteiger partial charge < -0.3 is 19.9 Å². The minimum Gasteiger partial charge on any atom is -0.497 e. The molecule has 0 aliphatic heterocycles. The van der Waals surface area contributed by atoms with E-state index in [9.17, 15) is 9.59 Å². The number of rotatable bonds is 9. The Kier molecular flexibility index (Phi) is 6.83. The molecule has 0 radical (unpaired) electrons. The first kappa shape index (κ1) is 18.3. The van der Waals surface area contributed by atoms with Gasteiger partial charge in [-0.2, -0.15) is 0 Å². The largest absolute Gasteiger partial charge is 0.497 e. The van der Waals surface area contributed by atoms with E-state index in [1.807, 2.05) is 30.3 Å². The SMILES string of the molecule is COc1ccc(OCC(=O)NC(CCC(=O)O)c2ccccc2)cc1. The molecule has 6 heteroatoms. The minimum absolute atomic E-state index is 0.0286. The molecule has 2 aromatic carbocycles. The van der Waals surface area contributed by atoms with Gasteiger partial charge in [0.05, 0.1) is 13.2 Å². The van der Waals surface area contributed by atoms with E-state index in [2.05, 4.69) is 5.32 Å². The summed E-state index contributed by atoms with van der Waals surface area (Å²) in [6.07, 6.45) is 0.285. The molecule has 1 unspecified atom stereocenters. The Morgan fingerprint density at radius 1 is 1.04 bits per heavy atom. The normalized spacial score (nSPS) is 11.4. The predicted molar refractivity (Wildman–Crippen MR) is 92.7 cm³/mol. The van der Waals surface area contributed by atoms with E-state index in [1.165, 1.54) is 0 Å². The molecule has 0 fully saturated rings.